The first kappa shape index (κ1) is 20.9. The third-order valence-electron chi connectivity index (χ3n) is 4.93. The van der Waals surface area contributed by atoms with Crippen molar-refractivity contribution in [3.63, 3.8) is 0 Å². The smallest absolute Gasteiger partial charge is 0.239 e. The Labute approximate surface area is 175 Å². The standard InChI is InChI=1S/C21H25BrN2O3S/c1-16-9-11-24(12-10-16)20-7-5-19(6-8-20)23-21(25)15-28(26,27)14-17-3-2-4-18(22)13-17/h2-8,13,16H,9-12,14-15H2,1H3,(H,23,25). The van der Waals surface area contributed by atoms with E-state index in [9.17, 15) is 13.2 Å². The Morgan fingerprint density at radius 3 is 2.46 bits per heavy atom. The van der Waals surface area contributed by atoms with Gasteiger partial charge in [0.2, 0.25) is 5.91 Å². The number of sulfone groups is 1. The summed E-state index contributed by atoms with van der Waals surface area (Å²) in [6, 6.07) is 14.7. The first-order valence-electron chi connectivity index (χ1n) is 9.40. The minimum Gasteiger partial charge on any atom is -0.372 e. The molecule has 1 aliphatic heterocycles. The van der Waals surface area contributed by atoms with E-state index < -0.39 is 21.5 Å². The van der Waals surface area contributed by atoms with Crippen LogP contribution in [0.3, 0.4) is 0 Å². The molecule has 1 N–H and O–H groups in total. The van der Waals surface area contributed by atoms with Crippen molar-refractivity contribution in [3.05, 3.63) is 58.6 Å². The van der Waals surface area contributed by atoms with Crippen LogP contribution in [0.5, 0.6) is 0 Å². The SMILES string of the molecule is CC1CCN(c2ccc(NC(=O)CS(=O)(=O)Cc3cccc(Br)c3)cc2)CC1. The van der Waals surface area contributed by atoms with Crippen molar-refractivity contribution in [3.8, 4) is 0 Å². The maximum absolute atomic E-state index is 12.3. The number of rotatable bonds is 6. The van der Waals surface area contributed by atoms with E-state index >= 15 is 0 Å². The summed E-state index contributed by atoms with van der Waals surface area (Å²) in [6.07, 6.45) is 2.38. The third-order valence-corrected chi connectivity index (χ3v) is 6.89. The van der Waals surface area contributed by atoms with Gasteiger partial charge in [0.05, 0.1) is 5.75 Å². The fourth-order valence-corrected chi connectivity index (χ4v) is 5.06. The summed E-state index contributed by atoms with van der Waals surface area (Å²) in [5.41, 5.74) is 2.39. The number of amides is 1. The summed E-state index contributed by atoms with van der Waals surface area (Å²) in [7, 11) is -3.54. The highest BCUT2D eigenvalue weighted by atomic mass is 79.9. The van der Waals surface area contributed by atoms with Gasteiger partial charge in [-0.05, 0) is 60.7 Å². The van der Waals surface area contributed by atoms with Crippen molar-refractivity contribution in [1.82, 2.24) is 0 Å². The molecule has 1 fully saturated rings. The fourth-order valence-electron chi connectivity index (χ4n) is 3.35. The summed E-state index contributed by atoms with van der Waals surface area (Å²) in [4.78, 5) is 14.5. The molecule has 0 radical (unpaired) electrons. The zero-order chi connectivity index (χ0) is 20.1. The summed E-state index contributed by atoms with van der Waals surface area (Å²) < 4.78 is 25.4. The molecular formula is C21H25BrN2O3S. The van der Waals surface area contributed by atoms with Gasteiger partial charge in [0.15, 0.2) is 9.84 Å². The molecule has 2 aromatic carbocycles. The molecule has 150 valence electrons. The number of anilines is 2. The molecule has 0 spiro atoms. The Bertz CT molecular complexity index is 921. The maximum Gasteiger partial charge on any atom is 0.239 e. The maximum atomic E-state index is 12.3. The highest BCUT2D eigenvalue weighted by molar-refractivity contribution is 9.10. The van der Waals surface area contributed by atoms with Gasteiger partial charge in [0.25, 0.3) is 0 Å². The highest BCUT2D eigenvalue weighted by Crippen LogP contribution is 2.24. The molecule has 0 saturated carbocycles. The highest BCUT2D eigenvalue weighted by Gasteiger charge is 2.19. The normalized spacial score (nSPS) is 15.4. The molecule has 0 aliphatic carbocycles. The van der Waals surface area contributed by atoms with Gasteiger partial charge in [-0.25, -0.2) is 8.42 Å². The van der Waals surface area contributed by atoms with Crippen LogP contribution < -0.4 is 10.2 Å². The number of nitrogens with zero attached hydrogens (tertiary/aromatic N) is 1. The zero-order valence-electron chi connectivity index (χ0n) is 15.9. The topological polar surface area (TPSA) is 66.5 Å². The van der Waals surface area contributed by atoms with E-state index in [4.69, 9.17) is 0 Å². The summed E-state index contributed by atoms with van der Waals surface area (Å²) >= 11 is 3.32. The molecule has 3 rings (SSSR count). The minimum absolute atomic E-state index is 0.161. The van der Waals surface area contributed by atoms with Crippen molar-refractivity contribution in [2.75, 3.05) is 29.1 Å². The van der Waals surface area contributed by atoms with Gasteiger partial charge < -0.3 is 10.2 Å². The van der Waals surface area contributed by atoms with Crippen LogP contribution in [-0.4, -0.2) is 33.2 Å². The van der Waals surface area contributed by atoms with Gasteiger partial charge in [-0.1, -0.05) is 35.0 Å². The van der Waals surface area contributed by atoms with Crippen LogP contribution in [0.1, 0.15) is 25.3 Å². The van der Waals surface area contributed by atoms with E-state index in [0.717, 1.165) is 29.2 Å². The number of benzene rings is 2. The van der Waals surface area contributed by atoms with E-state index in [-0.39, 0.29) is 5.75 Å². The Hall–Kier alpha value is -1.86. The molecule has 28 heavy (non-hydrogen) atoms. The van der Waals surface area contributed by atoms with Crippen LogP contribution in [-0.2, 0) is 20.4 Å². The van der Waals surface area contributed by atoms with Crippen LogP contribution in [0.15, 0.2) is 53.0 Å². The molecular weight excluding hydrogens is 440 g/mol. The summed E-state index contributed by atoms with van der Waals surface area (Å²) in [6.45, 7) is 4.36. The van der Waals surface area contributed by atoms with E-state index in [1.165, 1.54) is 12.8 Å². The van der Waals surface area contributed by atoms with Crippen LogP contribution in [0.25, 0.3) is 0 Å². The molecule has 1 saturated heterocycles. The Balaban J connectivity index is 1.55. The fraction of sp³-hybridized carbons (Fsp3) is 0.381. The summed E-state index contributed by atoms with van der Waals surface area (Å²) in [5.74, 6) is -0.444. The van der Waals surface area contributed by atoms with Gasteiger partial charge in [-0.2, -0.15) is 0 Å². The van der Waals surface area contributed by atoms with Crippen molar-refractivity contribution in [1.29, 1.82) is 0 Å². The molecule has 1 heterocycles. The molecule has 0 aromatic heterocycles. The van der Waals surface area contributed by atoms with E-state index in [1.807, 2.05) is 30.3 Å². The molecule has 5 nitrogen and oxygen atoms in total. The van der Waals surface area contributed by atoms with Gasteiger partial charge in [-0.15, -0.1) is 0 Å². The van der Waals surface area contributed by atoms with Crippen LogP contribution in [0.4, 0.5) is 11.4 Å². The zero-order valence-corrected chi connectivity index (χ0v) is 18.3. The number of carbonyl (C=O) groups excluding carboxylic acids is 1. The van der Waals surface area contributed by atoms with Gasteiger partial charge in [-0.3, -0.25) is 4.79 Å². The molecule has 0 atom stereocenters. The molecule has 0 bridgehead atoms. The molecule has 1 aliphatic rings. The monoisotopic (exact) mass is 464 g/mol. The van der Waals surface area contributed by atoms with Crippen LogP contribution in [0.2, 0.25) is 0 Å². The lowest BCUT2D eigenvalue weighted by Gasteiger charge is -2.32. The number of piperidine rings is 1. The lowest BCUT2D eigenvalue weighted by atomic mass is 9.99. The second-order valence-corrected chi connectivity index (χ2v) is 10.4. The van der Waals surface area contributed by atoms with Crippen molar-refractivity contribution >= 4 is 43.0 Å². The van der Waals surface area contributed by atoms with E-state index in [1.54, 1.807) is 18.2 Å². The average Bonchev–Trinajstić information content (AvgIpc) is 2.62. The lowest BCUT2D eigenvalue weighted by Crippen LogP contribution is -2.32. The van der Waals surface area contributed by atoms with E-state index in [2.05, 4.69) is 33.1 Å². The minimum atomic E-state index is -3.54. The van der Waals surface area contributed by atoms with Crippen LogP contribution in [0, 0.1) is 5.92 Å². The molecule has 2 aromatic rings. The molecule has 1 amide bonds. The first-order chi connectivity index (χ1) is 13.3. The molecule has 0 unspecified atom stereocenters. The van der Waals surface area contributed by atoms with Crippen molar-refractivity contribution in [2.24, 2.45) is 5.92 Å². The third kappa shape index (κ3) is 6.07. The van der Waals surface area contributed by atoms with Crippen molar-refractivity contribution in [2.45, 2.75) is 25.5 Å². The van der Waals surface area contributed by atoms with E-state index in [0.29, 0.717) is 11.3 Å². The van der Waals surface area contributed by atoms with Crippen LogP contribution >= 0.6 is 15.9 Å². The van der Waals surface area contributed by atoms with Gasteiger partial charge in [0, 0.05) is 28.9 Å². The quantitative estimate of drug-likeness (QED) is 0.693. The number of hydrogen-bond acceptors (Lipinski definition) is 4. The summed E-state index contributed by atoms with van der Waals surface area (Å²) in [5, 5.41) is 2.69. The van der Waals surface area contributed by atoms with Gasteiger partial charge >= 0.3 is 0 Å². The lowest BCUT2D eigenvalue weighted by molar-refractivity contribution is -0.113. The predicted molar refractivity (Wildman–Crippen MR) is 117 cm³/mol. The van der Waals surface area contributed by atoms with Gasteiger partial charge in [0.1, 0.15) is 5.75 Å². The second-order valence-electron chi connectivity index (χ2n) is 7.43. The first-order valence-corrected chi connectivity index (χ1v) is 12.0. The number of halogens is 1. The number of hydrogen-bond donors (Lipinski definition) is 1. The largest absolute Gasteiger partial charge is 0.372 e. The molecule has 7 heteroatoms. The Morgan fingerprint density at radius 2 is 1.82 bits per heavy atom. The predicted octanol–water partition coefficient (Wildman–Crippen LogP) is 4.24. The Morgan fingerprint density at radius 1 is 1.14 bits per heavy atom. The second kappa shape index (κ2) is 9.09. The average molecular weight is 465 g/mol. The van der Waals surface area contributed by atoms with Crippen molar-refractivity contribution < 1.29 is 13.2 Å². The number of nitrogens with one attached hydrogen (secondary N) is 1. The number of carbonyl (C=O) groups is 1. The Kier molecular flexibility index (Phi) is 6.78.